The van der Waals surface area contributed by atoms with E-state index in [4.69, 9.17) is 11.6 Å². The zero-order valence-corrected chi connectivity index (χ0v) is 10.5. The number of nitrogens with one attached hydrogen (secondary N) is 2. The van der Waals surface area contributed by atoms with E-state index in [0.717, 1.165) is 32.7 Å². The van der Waals surface area contributed by atoms with Crippen LogP contribution < -0.4 is 5.69 Å². The molecule has 0 radical (unpaired) electrons. The molecule has 0 fully saturated rings. The van der Waals surface area contributed by atoms with Crippen LogP contribution in [0.1, 0.15) is 5.56 Å². The molecule has 3 nitrogen and oxygen atoms in total. The number of halogens is 1. The summed E-state index contributed by atoms with van der Waals surface area (Å²) >= 11 is 6.30. The second-order valence-corrected chi connectivity index (χ2v) is 4.65. The Kier molecular flexibility index (Phi) is 2.49. The van der Waals surface area contributed by atoms with Gasteiger partial charge in [0.1, 0.15) is 0 Å². The van der Waals surface area contributed by atoms with Gasteiger partial charge in [0.2, 0.25) is 0 Å². The number of aromatic nitrogens is 2. The molecule has 0 spiro atoms. The third kappa shape index (κ3) is 1.73. The van der Waals surface area contributed by atoms with Crippen LogP contribution >= 0.6 is 11.6 Å². The number of aromatic amines is 2. The molecule has 0 unspecified atom stereocenters. The van der Waals surface area contributed by atoms with Crippen molar-refractivity contribution in [2.75, 3.05) is 0 Å². The SMILES string of the molecule is Cc1cccc(-c2ccc3[nH]c(=O)[nH]c3c2)c1Cl. The van der Waals surface area contributed by atoms with Gasteiger partial charge in [0, 0.05) is 5.56 Å². The highest BCUT2D eigenvalue weighted by atomic mass is 35.5. The molecule has 0 atom stereocenters. The van der Waals surface area contributed by atoms with Crippen LogP contribution in [0.5, 0.6) is 0 Å². The Morgan fingerprint density at radius 3 is 2.67 bits per heavy atom. The fourth-order valence-electron chi connectivity index (χ4n) is 2.07. The standard InChI is InChI=1S/C14H11ClN2O/c1-8-3-2-4-10(13(8)15)9-5-6-11-12(7-9)17-14(18)16-11/h2-7H,1H3,(H2,16,17,18). The van der Waals surface area contributed by atoms with Crippen molar-refractivity contribution in [1.29, 1.82) is 0 Å². The lowest BCUT2D eigenvalue weighted by Gasteiger charge is -2.06. The van der Waals surface area contributed by atoms with Crippen molar-refractivity contribution in [1.82, 2.24) is 9.97 Å². The molecule has 18 heavy (non-hydrogen) atoms. The quantitative estimate of drug-likeness (QED) is 0.690. The van der Waals surface area contributed by atoms with Crippen molar-refractivity contribution in [3.63, 3.8) is 0 Å². The van der Waals surface area contributed by atoms with Crippen LogP contribution in [-0.2, 0) is 0 Å². The van der Waals surface area contributed by atoms with Gasteiger partial charge in [-0.15, -0.1) is 0 Å². The van der Waals surface area contributed by atoms with E-state index in [-0.39, 0.29) is 5.69 Å². The molecule has 4 heteroatoms. The lowest BCUT2D eigenvalue weighted by molar-refractivity contribution is 1.22. The van der Waals surface area contributed by atoms with Crippen LogP contribution in [0.25, 0.3) is 22.2 Å². The molecular formula is C14H11ClN2O. The number of hydrogen-bond donors (Lipinski definition) is 2. The molecule has 3 aromatic rings. The number of H-pyrrole nitrogens is 2. The van der Waals surface area contributed by atoms with Gasteiger partial charge in [-0.05, 0) is 30.2 Å². The molecule has 0 aliphatic heterocycles. The Labute approximate surface area is 108 Å². The molecule has 2 aromatic carbocycles. The second kappa shape index (κ2) is 4.03. The Balaban J connectivity index is 2.25. The number of rotatable bonds is 1. The summed E-state index contributed by atoms with van der Waals surface area (Å²) < 4.78 is 0. The smallest absolute Gasteiger partial charge is 0.306 e. The summed E-state index contributed by atoms with van der Waals surface area (Å²) in [7, 11) is 0. The van der Waals surface area contributed by atoms with Crippen LogP contribution in [-0.4, -0.2) is 9.97 Å². The van der Waals surface area contributed by atoms with E-state index in [1.54, 1.807) is 0 Å². The first kappa shape index (κ1) is 11.1. The van der Waals surface area contributed by atoms with E-state index in [0.29, 0.717) is 0 Å². The van der Waals surface area contributed by atoms with Gasteiger partial charge < -0.3 is 9.97 Å². The van der Waals surface area contributed by atoms with Crippen LogP contribution in [0.3, 0.4) is 0 Å². The molecule has 90 valence electrons. The summed E-state index contributed by atoms with van der Waals surface area (Å²) in [6, 6.07) is 11.7. The highest BCUT2D eigenvalue weighted by Crippen LogP contribution is 2.31. The summed E-state index contributed by atoms with van der Waals surface area (Å²) in [5, 5.41) is 0.745. The van der Waals surface area contributed by atoms with Gasteiger partial charge in [-0.2, -0.15) is 0 Å². The van der Waals surface area contributed by atoms with Crippen LogP contribution in [0, 0.1) is 6.92 Å². The largest absolute Gasteiger partial charge is 0.323 e. The van der Waals surface area contributed by atoms with Crippen LogP contribution in [0.15, 0.2) is 41.2 Å². The average Bonchev–Trinajstić information content (AvgIpc) is 2.71. The van der Waals surface area contributed by atoms with Crippen molar-refractivity contribution in [3.8, 4) is 11.1 Å². The molecule has 0 bridgehead atoms. The highest BCUT2D eigenvalue weighted by Gasteiger charge is 2.07. The Hall–Kier alpha value is -2.00. The molecular weight excluding hydrogens is 248 g/mol. The molecule has 0 saturated carbocycles. The normalized spacial score (nSPS) is 11.0. The fraction of sp³-hybridized carbons (Fsp3) is 0.0714. The van der Waals surface area contributed by atoms with Crippen molar-refractivity contribution < 1.29 is 0 Å². The first-order chi connectivity index (χ1) is 8.65. The number of fused-ring (bicyclic) bond motifs is 1. The predicted octanol–water partition coefficient (Wildman–Crippen LogP) is 3.49. The number of aryl methyl sites for hydroxylation is 1. The third-order valence-corrected chi connectivity index (χ3v) is 3.52. The lowest BCUT2D eigenvalue weighted by Crippen LogP contribution is -1.99. The molecule has 0 aliphatic carbocycles. The zero-order chi connectivity index (χ0) is 12.7. The van der Waals surface area contributed by atoms with Crippen LogP contribution in [0.2, 0.25) is 5.02 Å². The number of imidazole rings is 1. The first-order valence-electron chi connectivity index (χ1n) is 5.63. The van der Waals surface area contributed by atoms with Gasteiger partial charge in [0.25, 0.3) is 0 Å². The Bertz CT molecular complexity index is 786. The first-order valence-corrected chi connectivity index (χ1v) is 6.00. The maximum Gasteiger partial charge on any atom is 0.323 e. The maximum absolute atomic E-state index is 11.2. The van der Waals surface area contributed by atoms with Gasteiger partial charge in [-0.25, -0.2) is 4.79 Å². The minimum absolute atomic E-state index is 0.197. The number of hydrogen-bond acceptors (Lipinski definition) is 1. The van der Waals surface area contributed by atoms with E-state index < -0.39 is 0 Å². The van der Waals surface area contributed by atoms with Gasteiger partial charge in [-0.1, -0.05) is 35.9 Å². The van der Waals surface area contributed by atoms with Crippen molar-refractivity contribution in [2.45, 2.75) is 6.92 Å². The van der Waals surface area contributed by atoms with E-state index in [9.17, 15) is 4.79 Å². The number of benzene rings is 2. The van der Waals surface area contributed by atoms with E-state index in [2.05, 4.69) is 9.97 Å². The second-order valence-electron chi connectivity index (χ2n) is 4.28. The fourth-order valence-corrected chi connectivity index (χ4v) is 2.31. The van der Waals surface area contributed by atoms with E-state index >= 15 is 0 Å². The van der Waals surface area contributed by atoms with Crippen molar-refractivity contribution >= 4 is 22.6 Å². The predicted molar refractivity (Wildman–Crippen MR) is 74.1 cm³/mol. The minimum atomic E-state index is -0.197. The molecule has 0 aliphatic rings. The molecule has 1 heterocycles. The van der Waals surface area contributed by atoms with E-state index in [1.165, 1.54) is 0 Å². The lowest BCUT2D eigenvalue weighted by atomic mass is 10.0. The summed E-state index contributed by atoms with van der Waals surface area (Å²) in [4.78, 5) is 16.7. The van der Waals surface area contributed by atoms with Gasteiger partial charge in [0.15, 0.2) is 0 Å². The zero-order valence-electron chi connectivity index (χ0n) is 9.75. The maximum atomic E-state index is 11.2. The molecule has 0 amide bonds. The summed E-state index contributed by atoms with van der Waals surface area (Å²) in [5.74, 6) is 0. The monoisotopic (exact) mass is 258 g/mol. The van der Waals surface area contributed by atoms with Gasteiger partial charge in [-0.3, -0.25) is 0 Å². The average molecular weight is 259 g/mol. The molecule has 2 N–H and O–H groups in total. The highest BCUT2D eigenvalue weighted by molar-refractivity contribution is 6.34. The van der Waals surface area contributed by atoms with Gasteiger partial charge >= 0.3 is 5.69 Å². The van der Waals surface area contributed by atoms with Crippen molar-refractivity contribution in [3.05, 3.63) is 57.5 Å². The minimum Gasteiger partial charge on any atom is -0.306 e. The summed E-state index contributed by atoms with van der Waals surface area (Å²) in [5.41, 5.74) is 4.39. The topological polar surface area (TPSA) is 48.6 Å². The Morgan fingerprint density at radius 1 is 1.06 bits per heavy atom. The van der Waals surface area contributed by atoms with Gasteiger partial charge in [0.05, 0.1) is 16.1 Å². The Morgan fingerprint density at radius 2 is 1.83 bits per heavy atom. The molecule has 3 rings (SSSR count). The molecule has 1 aromatic heterocycles. The molecule has 0 saturated heterocycles. The summed E-state index contributed by atoms with van der Waals surface area (Å²) in [6.45, 7) is 1.97. The van der Waals surface area contributed by atoms with E-state index in [1.807, 2.05) is 43.3 Å². The third-order valence-electron chi connectivity index (χ3n) is 3.02. The summed E-state index contributed by atoms with van der Waals surface area (Å²) in [6.07, 6.45) is 0. The van der Waals surface area contributed by atoms with Crippen molar-refractivity contribution in [2.24, 2.45) is 0 Å². The van der Waals surface area contributed by atoms with Crippen LogP contribution in [0.4, 0.5) is 0 Å².